The zero-order chi connectivity index (χ0) is 8.55. The minimum absolute atomic E-state index is 0.541. The summed E-state index contributed by atoms with van der Waals surface area (Å²) in [5.74, 6) is 1.83. The van der Waals surface area contributed by atoms with Gasteiger partial charge in [-0.15, -0.1) is 10.2 Å². The lowest BCUT2D eigenvalue weighted by Gasteiger charge is -2.03. The smallest absolute Gasteiger partial charge is 0.225 e. The first-order valence-electron chi connectivity index (χ1n) is 4.39. The van der Waals surface area contributed by atoms with Crippen LogP contribution in [0.3, 0.4) is 0 Å². The summed E-state index contributed by atoms with van der Waals surface area (Å²) in [7, 11) is 0. The fourth-order valence-electron chi connectivity index (χ4n) is 1.31. The molecular formula is C8H12ClN3. The monoisotopic (exact) mass is 185 g/mol. The third kappa shape index (κ3) is 1.46. The van der Waals surface area contributed by atoms with Crippen LogP contribution in [0.5, 0.6) is 0 Å². The average Bonchev–Trinajstić information content (AvgIpc) is 2.80. The van der Waals surface area contributed by atoms with E-state index in [1.54, 1.807) is 0 Å². The number of hydrogen-bond donors (Lipinski definition) is 0. The molecule has 0 unspecified atom stereocenters. The lowest BCUT2D eigenvalue weighted by Crippen LogP contribution is -2.04. The highest BCUT2D eigenvalue weighted by Crippen LogP contribution is 2.31. The summed E-state index contributed by atoms with van der Waals surface area (Å²) in [6.45, 7) is 3.08. The van der Waals surface area contributed by atoms with E-state index in [1.165, 1.54) is 12.8 Å². The van der Waals surface area contributed by atoms with Gasteiger partial charge in [-0.05, 0) is 30.4 Å². The molecular weight excluding hydrogens is 174 g/mol. The lowest BCUT2D eigenvalue weighted by atomic mass is 10.4. The van der Waals surface area contributed by atoms with Crippen LogP contribution in [0.4, 0.5) is 0 Å². The van der Waals surface area contributed by atoms with Gasteiger partial charge in [0.1, 0.15) is 5.82 Å². The molecule has 0 aromatic carbocycles. The lowest BCUT2D eigenvalue weighted by molar-refractivity contribution is 0.599. The number of aryl methyl sites for hydroxylation is 1. The van der Waals surface area contributed by atoms with Crippen molar-refractivity contribution in [2.24, 2.45) is 5.92 Å². The molecule has 0 saturated heterocycles. The van der Waals surface area contributed by atoms with Crippen molar-refractivity contribution in [1.82, 2.24) is 14.8 Å². The van der Waals surface area contributed by atoms with Crippen molar-refractivity contribution in [3.8, 4) is 0 Å². The average molecular weight is 186 g/mol. The molecule has 0 aliphatic heterocycles. The molecule has 0 atom stereocenters. The SMILES string of the molecule is CCc1nnc(Cl)n1CC1CC1. The molecule has 66 valence electrons. The number of hydrogen-bond acceptors (Lipinski definition) is 2. The Morgan fingerprint density at radius 2 is 2.25 bits per heavy atom. The Morgan fingerprint density at radius 1 is 1.50 bits per heavy atom. The van der Waals surface area contributed by atoms with E-state index in [4.69, 9.17) is 11.6 Å². The van der Waals surface area contributed by atoms with Gasteiger partial charge in [0, 0.05) is 13.0 Å². The van der Waals surface area contributed by atoms with E-state index in [2.05, 4.69) is 17.1 Å². The standard InChI is InChI=1S/C8H12ClN3/c1-2-7-10-11-8(9)12(7)5-6-3-4-6/h6H,2-5H2,1H3. The molecule has 12 heavy (non-hydrogen) atoms. The minimum Gasteiger partial charge on any atom is -0.302 e. The van der Waals surface area contributed by atoms with Crippen LogP contribution in [0, 0.1) is 5.92 Å². The fourth-order valence-corrected chi connectivity index (χ4v) is 1.52. The molecule has 3 nitrogen and oxygen atoms in total. The highest BCUT2D eigenvalue weighted by atomic mass is 35.5. The number of halogens is 1. The fraction of sp³-hybridized carbons (Fsp3) is 0.750. The van der Waals surface area contributed by atoms with Gasteiger partial charge in [0.2, 0.25) is 5.28 Å². The molecule has 1 aromatic rings. The van der Waals surface area contributed by atoms with E-state index in [1.807, 2.05) is 4.57 Å². The summed E-state index contributed by atoms with van der Waals surface area (Å²) in [6, 6.07) is 0. The van der Waals surface area contributed by atoms with Crippen LogP contribution >= 0.6 is 11.6 Å². The first kappa shape index (κ1) is 8.05. The van der Waals surface area contributed by atoms with Crippen LogP contribution in [0.15, 0.2) is 0 Å². The Morgan fingerprint density at radius 3 is 2.83 bits per heavy atom. The minimum atomic E-state index is 0.541. The molecule has 1 aromatic heterocycles. The Bertz CT molecular complexity index is 278. The first-order valence-corrected chi connectivity index (χ1v) is 4.76. The Balaban J connectivity index is 2.18. The van der Waals surface area contributed by atoms with Gasteiger partial charge in [-0.1, -0.05) is 6.92 Å². The van der Waals surface area contributed by atoms with E-state index in [-0.39, 0.29) is 0 Å². The van der Waals surface area contributed by atoms with Crippen LogP contribution in [-0.2, 0) is 13.0 Å². The van der Waals surface area contributed by atoms with Gasteiger partial charge in [0.05, 0.1) is 0 Å². The third-order valence-electron chi connectivity index (χ3n) is 2.24. The normalized spacial score (nSPS) is 16.8. The molecule has 0 spiro atoms. The molecule has 0 N–H and O–H groups in total. The van der Waals surface area contributed by atoms with Crippen molar-refractivity contribution in [2.75, 3.05) is 0 Å². The predicted octanol–water partition coefficient (Wildman–Crippen LogP) is 1.90. The second-order valence-corrected chi connectivity index (χ2v) is 3.63. The Hall–Kier alpha value is -0.570. The van der Waals surface area contributed by atoms with Crippen LogP contribution in [0.2, 0.25) is 5.28 Å². The quantitative estimate of drug-likeness (QED) is 0.720. The number of rotatable bonds is 3. The maximum Gasteiger partial charge on any atom is 0.225 e. The van der Waals surface area contributed by atoms with Crippen molar-refractivity contribution in [1.29, 1.82) is 0 Å². The zero-order valence-corrected chi connectivity index (χ0v) is 7.88. The van der Waals surface area contributed by atoms with Crippen LogP contribution in [-0.4, -0.2) is 14.8 Å². The van der Waals surface area contributed by atoms with E-state index in [0.717, 1.165) is 24.7 Å². The van der Waals surface area contributed by atoms with E-state index in [0.29, 0.717) is 5.28 Å². The molecule has 4 heteroatoms. The van der Waals surface area contributed by atoms with E-state index >= 15 is 0 Å². The molecule has 0 radical (unpaired) electrons. The second kappa shape index (κ2) is 3.05. The van der Waals surface area contributed by atoms with Crippen LogP contribution in [0.25, 0.3) is 0 Å². The predicted molar refractivity (Wildman–Crippen MR) is 47.1 cm³/mol. The van der Waals surface area contributed by atoms with Crippen molar-refractivity contribution < 1.29 is 0 Å². The summed E-state index contributed by atoms with van der Waals surface area (Å²) >= 11 is 5.88. The number of nitrogens with zero attached hydrogens (tertiary/aromatic N) is 3. The summed E-state index contributed by atoms with van der Waals surface area (Å²) in [5.41, 5.74) is 0. The topological polar surface area (TPSA) is 30.7 Å². The zero-order valence-electron chi connectivity index (χ0n) is 7.13. The van der Waals surface area contributed by atoms with E-state index in [9.17, 15) is 0 Å². The van der Waals surface area contributed by atoms with Gasteiger partial charge in [0.25, 0.3) is 0 Å². The highest BCUT2D eigenvalue weighted by molar-refractivity contribution is 6.28. The maximum atomic E-state index is 5.88. The summed E-state index contributed by atoms with van der Waals surface area (Å²) in [5, 5.41) is 8.38. The number of aromatic nitrogens is 3. The summed E-state index contributed by atoms with van der Waals surface area (Å²) in [6.07, 6.45) is 3.57. The molecule has 1 aliphatic rings. The van der Waals surface area contributed by atoms with Crippen molar-refractivity contribution in [3.05, 3.63) is 11.1 Å². The maximum absolute atomic E-state index is 5.88. The van der Waals surface area contributed by atoms with E-state index < -0.39 is 0 Å². The molecule has 0 bridgehead atoms. The Kier molecular flexibility index (Phi) is 2.05. The molecule has 1 heterocycles. The molecule has 2 rings (SSSR count). The van der Waals surface area contributed by atoms with Crippen LogP contribution < -0.4 is 0 Å². The van der Waals surface area contributed by atoms with Gasteiger partial charge in [0.15, 0.2) is 0 Å². The summed E-state index contributed by atoms with van der Waals surface area (Å²) < 4.78 is 2.03. The van der Waals surface area contributed by atoms with Gasteiger partial charge in [-0.3, -0.25) is 0 Å². The van der Waals surface area contributed by atoms with Crippen molar-refractivity contribution >= 4 is 11.6 Å². The van der Waals surface area contributed by atoms with Crippen molar-refractivity contribution in [2.45, 2.75) is 32.7 Å². The van der Waals surface area contributed by atoms with Crippen molar-refractivity contribution in [3.63, 3.8) is 0 Å². The van der Waals surface area contributed by atoms with Gasteiger partial charge in [-0.25, -0.2) is 0 Å². The van der Waals surface area contributed by atoms with Crippen LogP contribution in [0.1, 0.15) is 25.6 Å². The third-order valence-corrected chi connectivity index (χ3v) is 2.52. The van der Waals surface area contributed by atoms with Gasteiger partial charge >= 0.3 is 0 Å². The largest absolute Gasteiger partial charge is 0.302 e. The van der Waals surface area contributed by atoms with Gasteiger partial charge in [-0.2, -0.15) is 0 Å². The Labute approximate surface area is 76.7 Å². The second-order valence-electron chi connectivity index (χ2n) is 3.29. The highest BCUT2D eigenvalue weighted by Gasteiger charge is 2.24. The summed E-state index contributed by atoms with van der Waals surface area (Å²) in [4.78, 5) is 0. The molecule has 1 saturated carbocycles. The molecule has 1 aliphatic carbocycles. The van der Waals surface area contributed by atoms with Gasteiger partial charge < -0.3 is 4.57 Å². The molecule has 0 amide bonds. The first-order chi connectivity index (χ1) is 5.81. The molecule has 1 fully saturated rings.